The molecule has 16 heavy (non-hydrogen) atoms. The van der Waals surface area contributed by atoms with E-state index in [1.54, 1.807) is 6.20 Å². The van der Waals surface area contributed by atoms with E-state index in [4.69, 9.17) is 11.5 Å². The number of H-pyrrole nitrogens is 1. The zero-order valence-corrected chi connectivity index (χ0v) is 8.66. The van der Waals surface area contributed by atoms with Crippen LogP contribution in [0.3, 0.4) is 0 Å². The van der Waals surface area contributed by atoms with Crippen LogP contribution in [0, 0.1) is 0 Å². The number of benzene rings is 1. The summed E-state index contributed by atoms with van der Waals surface area (Å²) in [6, 6.07) is 3.68. The Labute approximate surface area is 92.0 Å². The van der Waals surface area contributed by atoms with Gasteiger partial charge in [0.1, 0.15) is 0 Å². The largest absolute Gasteiger partial charge is 0.397 e. The Morgan fingerprint density at radius 3 is 3.06 bits per heavy atom. The van der Waals surface area contributed by atoms with E-state index in [2.05, 4.69) is 15.5 Å². The molecule has 0 aliphatic heterocycles. The van der Waals surface area contributed by atoms with Crippen LogP contribution in [0.4, 0.5) is 11.4 Å². The zero-order chi connectivity index (χ0) is 11.5. The normalized spacial score (nSPS) is 10.5. The molecular formula is C10H13N5O. The first-order chi connectivity index (χ1) is 7.66. The average molecular weight is 219 g/mol. The second kappa shape index (κ2) is 4.09. The minimum atomic E-state index is -0.339. The summed E-state index contributed by atoms with van der Waals surface area (Å²) in [6.07, 6.45) is 1.99. The predicted octanol–water partition coefficient (Wildman–Crippen LogP) is 0.432. The Hall–Kier alpha value is -2.24. The van der Waals surface area contributed by atoms with Crippen molar-refractivity contribution in [1.82, 2.24) is 10.2 Å². The summed E-state index contributed by atoms with van der Waals surface area (Å²) in [4.78, 5) is 10.6. The lowest BCUT2D eigenvalue weighted by Gasteiger charge is -2.08. The molecule has 6 nitrogen and oxygen atoms in total. The lowest BCUT2D eigenvalue weighted by molar-refractivity contribution is -0.117. The van der Waals surface area contributed by atoms with Crippen molar-refractivity contribution in [3.05, 3.63) is 18.3 Å². The van der Waals surface area contributed by atoms with Gasteiger partial charge in [-0.3, -0.25) is 9.89 Å². The molecule has 0 saturated heterocycles. The predicted molar refractivity (Wildman–Crippen MR) is 62.8 cm³/mol. The van der Waals surface area contributed by atoms with Crippen LogP contribution in [0.25, 0.3) is 10.9 Å². The highest BCUT2D eigenvalue weighted by Crippen LogP contribution is 2.24. The number of hydrogen-bond acceptors (Lipinski definition) is 4. The maximum absolute atomic E-state index is 10.6. The third kappa shape index (κ3) is 2.05. The quantitative estimate of drug-likeness (QED) is 0.559. The van der Waals surface area contributed by atoms with Gasteiger partial charge < -0.3 is 16.8 Å². The number of nitrogens with two attached hydrogens (primary N) is 2. The second-order valence-corrected chi connectivity index (χ2v) is 3.54. The number of nitrogens with one attached hydrogen (secondary N) is 2. The number of aromatic nitrogens is 2. The van der Waals surface area contributed by atoms with Crippen LogP contribution in [-0.4, -0.2) is 22.6 Å². The van der Waals surface area contributed by atoms with Gasteiger partial charge in [0.2, 0.25) is 5.91 Å². The van der Waals surface area contributed by atoms with Gasteiger partial charge in [0, 0.05) is 18.4 Å². The lowest BCUT2D eigenvalue weighted by atomic mass is 10.2. The molecule has 1 aromatic heterocycles. The van der Waals surface area contributed by atoms with Crippen LogP contribution in [-0.2, 0) is 4.79 Å². The summed E-state index contributed by atoms with van der Waals surface area (Å²) >= 11 is 0. The molecule has 1 heterocycles. The van der Waals surface area contributed by atoms with E-state index in [0.717, 1.165) is 16.6 Å². The number of aromatic amines is 1. The molecule has 0 spiro atoms. The van der Waals surface area contributed by atoms with Crippen molar-refractivity contribution in [3.8, 4) is 0 Å². The first-order valence-electron chi connectivity index (χ1n) is 4.91. The third-order valence-corrected chi connectivity index (χ3v) is 2.30. The van der Waals surface area contributed by atoms with E-state index in [1.807, 2.05) is 12.1 Å². The van der Waals surface area contributed by atoms with Gasteiger partial charge >= 0.3 is 0 Å². The van der Waals surface area contributed by atoms with E-state index >= 15 is 0 Å². The van der Waals surface area contributed by atoms with Gasteiger partial charge in [-0.2, -0.15) is 5.10 Å². The molecule has 84 valence electrons. The molecule has 0 unspecified atom stereocenters. The average Bonchev–Trinajstić information content (AvgIpc) is 2.64. The Kier molecular flexibility index (Phi) is 2.63. The fraction of sp³-hybridized carbons (Fsp3) is 0.200. The minimum absolute atomic E-state index is 0.278. The third-order valence-electron chi connectivity index (χ3n) is 2.30. The van der Waals surface area contributed by atoms with Crippen molar-refractivity contribution in [1.29, 1.82) is 0 Å². The van der Waals surface area contributed by atoms with Crippen molar-refractivity contribution in [2.45, 2.75) is 6.42 Å². The van der Waals surface area contributed by atoms with Crippen LogP contribution >= 0.6 is 0 Å². The molecule has 6 N–H and O–H groups in total. The number of hydrogen-bond donors (Lipinski definition) is 4. The van der Waals surface area contributed by atoms with E-state index < -0.39 is 0 Å². The molecule has 0 radical (unpaired) electrons. The fourth-order valence-electron chi connectivity index (χ4n) is 1.48. The number of nitrogen functional groups attached to an aromatic ring is 1. The fourth-order valence-corrected chi connectivity index (χ4v) is 1.48. The van der Waals surface area contributed by atoms with E-state index in [-0.39, 0.29) is 12.3 Å². The summed E-state index contributed by atoms with van der Waals surface area (Å²) in [7, 11) is 0. The van der Waals surface area contributed by atoms with E-state index in [1.165, 1.54) is 0 Å². The van der Waals surface area contributed by atoms with E-state index in [0.29, 0.717) is 12.2 Å². The molecule has 0 fully saturated rings. The number of anilines is 2. The summed E-state index contributed by atoms with van der Waals surface area (Å²) in [5, 5.41) is 10.8. The van der Waals surface area contributed by atoms with Gasteiger partial charge in [0.05, 0.1) is 23.1 Å². The first-order valence-corrected chi connectivity index (χ1v) is 4.91. The number of carbonyl (C=O) groups is 1. The molecule has 2 rings (SSSR count). The molecule has 1 aromatic carbocycles. The summed E-state index contributed by atoms with van der Waals surface area (Å²) in [5.41, 5.74) is 13.2. The highest BCUT2D eigenvalue weighted by atomic mass is 16.1. The van der Waals surface area contributed by atoms with Gasteiger partial charge in [-0.05, 0) is 12.1 Å². The maximum atomic E-state index is 10.6. The number of rotatable bonds is 4. The molecule has 0 aliphatic carbocycles. The molecule has 2 aromatic rings. The second-order valence-electron chi connectivity index (χ2n) is 3.54. The van der Waals surface area contributed by atoms with Crippen molar-refractivity contribution in [2.75, 3.05) is 17.6 Å². The molecule has 0 aliphatic rings. The highest BCUT2D eigenvalue weighted by molar-refractivity contribution is 5.88. The standard InChI is InChI=1S/C10H13N5O/c11-7-3-6-5-14-15-8(6)4-9(7)13-2-1-10(12)16/h3-5,13H,1-2,11H2,(H2,12,16)(H,14,15). The number of carbonyl (C=O) groups excluding carboxylic acids is 1. The molecule has 1 amide bonds. The Morgan fingerprint density at radius 2 is 2.31 bits per heavy atom. The number of fused-ring (bicyclic) bond motifs is 1. The van der Waals surface area contributed by atoms with Crippen molar-refractivity contribution >= 4 is 28.2 Å². The van der Waals surface area contributed by atoms with Crippen molar-refractivity contribution < 1.29 is 4.79 Å². The van der Waals surface area contributed by atoms with Crippen LogP contribution in [0.5, 0.6) is 0 Å². The van der Waals surface area contributed by atoms with Gasteiger partial charge in [0.25, 0.3) is 0 Å². The van der Waals surface area contributed by atoms with Crippen LogP contribution in [0.15, 0.2) is 18.3 Å². The Balaban J connectivity index is 2.16. The number of nitrogens with zero attached hydrogens (tertiary/aromatic N) is 1. The Morgan fingerprint density at radius 1 is 1.50 bits per heavy atom. The summed E-state index contributed by atoms with van der Waals surface area (Å²) in [5.74, 6) is -0.339. The monoisotopic (exact) mass is 219 g/mol. The molecule has 0 saturated carbocycles. The smallest absolute Gasteiger partial charge is 0.219 e. The summed E-state index contributed by atoms with van der Waals surface area (Å²) in [6.45, 7) is 0.471. The van der Waals surface area contributed by atoms with Gasteiger partial charge in [-0.1, -0.05) is 0 Å². The van der Waals surface area contributed by atoms with Crippen molar-refractivity contribution in [2.24, 2.45) is 5.73 Å². The Bertz CT molecular complexity index is 519. The lowest BCUT2D eigenvalue weighted by Crippen LogP contribution is -2.16. The SMILES string of the molecule is NC(=O)CCNc1cc2[nH]ncc2cc1N. The first kappa shape index (κ1) is 10.3. The van der Waals surface area contributed by atoms with Crippen molar-refractivity contribution in [3.63, 3.8) is 0 Å². The van der Waals surface area contributed by atoms with Gasteiger partial charge in [0.15, 0.2) is 0 Å². The van der Waals surface area contributed by atoms with Gasteiger partial charge in [-0.15, -0.1) is 0 Å². The molecule has 6 heteroatoms. The van der Waals surface area contributed by atoms with Crippen LogP contribution in [0.1, 0.15) is 6.42 Å². The molecule has 0 atom stereocenters. The molecular weight excluding hydrogens is 206 g/mol. The van der Waals surface area contributed by atoms with Crippen LogP contribution < -0.4 is 16.8 Å². The topological polar surface area (TPSA) is 110 Å². The van der Waals surface area contributed by atoms with Crippen LogP contribution in [0.2, 0.25) is 0 Å². The maximum Gasteiger partial charge on any atom is 0.219 e. The highest BCUT2D eigenvalue weighted by Gasteiger charge is 2.03. The number of primary amides is 1. The van der Waals surface area contributed by atoms with E-state index in [9.17, 15) is 4.79 Å². The van der Waals surface area contributed by atoms with Gasteiger partial charge in [-0.25, -0.2) is 0 Å². The molecule has 0 bridgehead atoms. The summed E-state index contributed by atoms with van der Waals surface area (Å²) < 4.78 is 0. The minimum Gasteiger partial charge on any atom is -0.397 e. The zero-order valence-electron chi connectivity index (χ0n) is 8.66. The number of amides is 1.